The lowest BCUT2D eigenvalue weighted by molar-refractivity contribution is -0.147. The van der Waals surface area contributed by atoms with Gasteiger partial charge >= 0.3 is 5.97 Å². The second kappa shape index (κ2) is 12.4. The maximum absolute atomic E-state index is 12.5. The van der Waals surface area contributed by atoms with Crippen molar-refractivity contribution < 1.29 is 14.3 Å². The van der Waals surface area contributed by atoms with Gasteiger partial charge in [0.25, 0.3) is 0 Å². The summed E-state index contributed by atoms with van der Waals surface area (Å²) in [7, 11) is 1.49. The van der Waals surface area contributed by atoms with Crippen molar-refractivity contribution in [2.24, 2.45) is 5.92 Å². The number of nitrogens with zero attached hydrogens (tertiary/aromatic N) is 2. The minimum absolute atomic E-state index is 0.134. The molecule has 2 heterocycles. The van der Waals surface area contributed by atoms with Crippen LogP contribution in [0.1, 0.15) is 36.8 Å². The van der Waals surface area contributed by atoms with E-state index in [4.69, 9.17) is 32.7 Å². The van der Waals surface area contributed by atoms with Gasteiger partial charge in [0.1, 0.15) is 17.9 Å². The molecule has 0 aromatic heterocycles. The summed E-state index contributed by atoms with van der Waals surface area (Å²) in [6.45, 7) is 6.97. The number of hydrogen-bond acceptors (Lipinski definition) is 5. The number of carbonyl (C=O) groups is 1. The molecule has 0 radical (unpaired) electrons. The molecule has 2 saturated heterocycles. The Labute approximate surface area is 219 Å². The normalized spacial score (nSPS) is 19.4. The molecule has 7 heteroatoms. The van der Waals surface area contributed by atoms with Crippen LogP contribution in [0.4, 0.5) is 0 Å². The third-order valence-electron chi connectivity index (χ3n) is 7.46. The summed E-state index contributed by atoms with van der Waals surface area (Å²) in [5.74, 6) is 1.26. The molecule has 35 heavy (non-hydrogen) atoms. The summed E-state index contributed by atoms with van der Waals surface area (Å²) in [4.78, 5) is 17.4. The van der Waals surface area contributed by atoms with Gasteiger partial charge in [-0.2, -0.15) is 0 Å². The van der Waals surface area contributed by atoms with Crippen LogP contribution in [0.2, 0.25) is 10.0 Å². The van der Waals surface area contributed by atoms with E-state index in [1.165, 1.54) is 12.7 Å². The summed E-state index contributed by atoms with van der Waals surface area (Å²) in [6, 6.07) is 13.7. The predicted octanol–water partition coefficient (Wildman–Crippen LogP) is 5.64. The van der Waals surface area contributed by atoms with E-state index in [1.54, 1.807) is 0 Å². The predicted molar refractivity (Wildman–Crippen MR) is 142 cm³/mol. The van der Waals surface area contributed by atoms with Gasteiger partial charge < -0.3 is 14.4 Å². The van der Waals surface area contributed by atoms with E-state index in [-0.39, 0.29) is 18.1 Å². The molecule has 2 aromatic carbocycles. The average Bonchev–Trinajstić information content (AvgIpc) is 2.89. The first-order valence-corrected chi connectivity index (χ1v) is 13.4. The van der Waals surface area contributed by atoms with Gasteiger partial charge in [-0.05, 0) is 81.3 Å². The number of likely N-dealkylation sites (tertiary alicyclic amines) is 2. The van der Waals surface area contributed by atoms with Crippen LogP contribution in [-0.4, -0.2) is 67.7 Å². The number of halogens is 2. The Kier molecular flexibility index (Phi) is 9.34. The Bertz CT molecular complexity index is 972. The van der Waals surface area contributed by atoms with Crippen LogP contribution in [0.15, 0.2) is 42.5 Å². The molecule has 2 fully saturated rings. The third-order valence-corrected chi connectivity index (χ3v) is 8.34. The van der Waals surface area contributed by atoms with Gasteiger partial charge in [-0.15, -0.1) is 0 Å². The summed E-state index contributed by atoms with van der Waals surface area (Å²) < 4.78 is 11.4. The fraction of sp³-hybridized carbons (Fsp3) is 0.536. The molecule has 0 N–H and O–H groups in total. The van der Waals surface area contributed by atoms with E-state index in [2.05, 4.69) is 21.9 Å². The van der Waals surface area contributed by atoms with Gasteiger partial charge in [-0.1, -0.05) is 53.5 Å². The van der Waals surface area contributed by atoms with Crippen molar-refractivity contribution in [3.63, 3.8) is 0 Å². The Balaban J connectivity index is 1.23. The van der Waals surface area contributed by atoms with Crippen molar-refractivity contribution in [3.8, 4) is 5.75 Å². The van der Waals surface area contributed by atoms with E-state index in [0.717, 1.165) is 69.7 Å². The summed E-state index contributed by atoms with van der Waals surface area (Å²) >= 11 is 12.6. The molecule has 0 amide bonds. The van der Waals surface area contributed by atoms with Crippen LogP contribution in [0.5, 0.6) is 5.75 Å². The second-order valence-corrected chi connectivity index (χ2v) is 10.6. The van der Waals surface area contributed by atoms with Crippen molar-refractivity contribution >= 4 is 29.2 Å². The maximum atomic E-state index is 12.5. The van der Waals surface area contributed by atoms with Gasteiger partial charge in [0, 0.05) is 24.7 Å². The molecule has 4 rings (SSSR count). The highest BCUT2D eigenvalue weighted by Gasteiger charge is 2.32. The number of rotatable bonds is 8. The van der Waals surface area contributed by atoms with E-state index < -0.39 is 0 Å². The van der Waals surface area contributed by atoms with Crippen LogP contribution in [0.3, 0.4) is 0 Å². The molecule has 2 aliphatic rings. The highest BCUT2D eigenvalue weighted by Crippen LogP contribution is 2.34. The molecule has 0 unspecified atom stereocenters. The first kappa shape index (κ1) is 26.3. The Morgan fingerprint density at radius 3 is 2.34 bits per heavy atom. The third kappa shape index (κ3) is 6.91. The van der Waals surface area contributed by atoms with E-state index in [1.807, 2.05) is 37.3 Å². The number of hydrogen-bond donors (Lipinski definition) is 0. The zero-order chi connectivity index (χ0) is 24.8. The average molecular weight is 520 g/mol. The number of esters is 1. The molecule has 0 spiro atoms. The van der Waals surface area contributed by atoms with Crippen molar-refractivity contribution in [1.82, 2.24) is 9.80 Å². The Hall–Kier alpha value is -1.79. The molecule has 5 nitrogen and oxygen atoms in total. The van der Waals surface area contributed by atoms with Crippen LogP contribution in [0, 0.1) is 12.8 Å². The van der Waals surface area contributed by atoms with Gasteiger partial charge in [0.2, 0.25) is 0 Å². The minimum Gasteiger partial charge on any atom is -0.489 e. The summed E-state index contributed by atoms with van der Waals surface area (Å²) in [6.07, 6.45) is 5.10. The monoisotopic (exact) mass is 518 g/mol. The van der Waals surface area contributed by atoms with Crippen LogP contribution in [-0.2, 0) is 16.0 Å². The molecule has 0 saturated carbocycles. The zero-order valence-corrected chi connectivity index (χ0v) is 22.2. The number of ether oxygens (including phenoxy) is 2. The topological polar surface area (TPSA) is 42.0 Å². The molecular weight excluding hydrogens is 483 g/mol. The van der Waals surface area contributed by atoms with Gasteiger partial charge in [0.05, 0.1) is 12.1 Å². The number of methoxy groups -OCH3 is 1. The molecule has 2 aliphatic heterocycles. The van der Waals surface area contributed by atoms with Gasteiger partial charge in [-0.25, -0.2) is 0 Å². The molecule has 2 aromatic rings. The van der Waals surface area contributed by atoms with Crippen molar-refractivity contribution in [2.75, 3.05) is 39.8 Å². The van der Waals surface area contributed by atoms with Crippen molar-refractivity contribution in [2.45, 2.75) is 51.2 Å². The van der Waals surface area contributed by atoms with Crippen LogP contribution < -0.4 is 4.74 Å². The SMILES string of the molecule is COC(=O)[C@H](Cc1ccccc1)N1CCC(CN2CCC(Oc3ccc(Cl)c(C)c3Cl)CC2)CC1. The lowest BCUT2D eigenvalue weighted by atomic mass is 9.93. The van der Waals surface area contributed by atoms with E-state index in [0.29, 0.717) is 22.4 Å². The zero-order valence-electron chi connectivity index (χ0n) is 20.7. The second-order valence-electron chi connectivity index (χ2n) is 9.81. The quantitative estimate of drug-likeness (QED) is 0.423. The molecular formula is C28H36Cl2N2O3. The van der Waals surface area contributed by atoms with E-state index in [9.17, 15) is 4.79 Å². The van der Waals surface area contributed by atoms with Crippen LogP contribution in [0.25, 0.3) is 0 Å². The lowest BCUT2D eigenvalue weighted by Gasteiger charge is -2.39. The highest BCUT2D eigenvalue weighted by molar-refractivity contribution is 6.36. The van der Waals surface area contributed by atoms with Gasteiger partial charge in [0.15, 0.2) is 0 Å². The standard InChI is InChI=1S/C28H36Cl2N2O3/c1-20-24(29)8-9-26(27(20)30)35-23-12-14-31(15-13-23)19-22-10-16-32(17-11-22)25(28(33)34-2)18-21-6-4-3-5-7-21/h3-9,22-23,25H,10-19H2,1-2H3/t25-/m0/s1. The molecule has 0 aliphatic carbocycles. The minimum atomic E-state index is -0.209. The lowest BCUT2D eigenvalue weighted by Crippen LogP contribution is -2.49. The first-order chi connectivity index (χ1) is 16.9. The van der Waals surface area contributed by atoms with Crippen molar-refractivity contribution in [1.29, 1.82) is 0 Å². The highest BCUT2D eigenvalue weighted by atomic mass is 35.5. The first-order valence-electron chi connectivity index (χ1n) is 12.6. The fourth-order valence-corrected chi connectivity index (χ4v) is 5.68. The number of piperidine rings is 2. The van der Waals surface area contributed by atoms with E-state index >= 15 is 0 Å². The Morgan fingerprint density at radius 2 is 1.69 bits per heavy atom. The fourth-order valence-electron chi connectivity index (χ4n) is 5.26. The number of carbonyl (C=O) groups excluding carboxylic acids is 1. The maximum Gasteiger partial charge on any atom is 0.323 e. The molecule has 190 valence electrons. The summed E-state index contributed by atoms with van der Waals surface area (Å²) in [5, 5.41) is 1.28. The van der Waals surface area contributed by atoms with Crippen molar-refractivity contribution in [3.05, 3.63) is 63.6 Å². The number of benzene rings is 2. The Morgan fingerprint density at radius 1 is 1.00 bits per heavy atom. The summed E-state index contributed by atoms with van der Waals surface area (Å²) in [5.41, 5.74) is 2.04. The van der Waals surface area contributed by atoms with Crippen LogP contribution >= 0.6 is 23.2 Å². The molecule has 1 atom stereocenters. The molecule has 0 bridgehead atoms. The van der Waals surface area contributed by atoms with Gasteiger partial charge in [-0.3, -0.25) is 9.69 Å². The smallest absolute Gasteiger partial charge is 0.323 e. The largest absolute Gasteiger partial charge is 0.489 e.